The van der Waals surface area contributed by atoms with Gasteiger partial charge in [0.15, 0.2) is 5.88 Å². The number of rotatable bonds is 0. The fourth-order valence-corrected chi connectivity index (χ4v) is 1.41. The van der Waals surface area contributed by atoms with E-state index in [1.54, 1.807) is 16.7 Å². The predicted molar refractivity (Wildman–Crippen MR) is 48.5 cm³/mol. The van der Waals surface area contributed by atoms with Crippen molar-refractivity contribution in [1.82, 2.24) is 4.40 Å². The van der Waals surface area contributed by atoms with Gasteiger partial charge < -0.3 is 5.11 Å². The van der Waals surface area contributed by atoms with E-state index in [-0.39, 0.29) is 5.88 Å². The molecular formula is C10H8N2O. The van der Waals surface area contributed by atoms with E-state index in [0.29, 0.717) is 5.56 Å². The lowest BCUT2D eigenvalue weighted by Crippen LogP contribution is -1.86. The molecule has 2 heterocycles. The molecule has 0 radical (unpaired) electrons. The van der Waals surface area contributed by atoms with Crippen molar-refractivity contribution >= 4 is 5.52 Å². The number of pyridine rings is 1. The van der Waals surface area contributed by atoms with Crippen LogP contribution in [0.1, 0.15) is 11.1 Å². The van der Waals surface area contributed by atoms with Crippen LogP contribution in [0.2, 0.25) is 0 Å². The third-order valence-electron chi connectivity index (χ3n) is 2.00. The summed E-state index contributed by atoms with van der Waals surface area (Å²) in [5.41, 5.74) is 2.35. The SMILES string of the molecule is Cc1cc2c(C#N)ccc(O)n2c1. The highest BCUT2D eigenvalue weighted by Gasteiger charge is 2.04. The molecule has 0 atom stereocenters. The molecule has 0 aliphatic heterocycles. The second kappa shape index (κ2) is 2.53. The summed E-state index contributed by atoms with van der Waals surface area (Å²) in [6.07, 6.45) is 1.80. The number of aromatic hydroxyl groups is 1. The molecule has 0 saturated heterocycles. The molecule has 0 spiro atoms. The first-order valence-electron chi connectivity index (χ1n) is 3.93. The van der Waals surface area contributed by atoms with E-state index in [9.17, 15) is 5.11 Å². The quantitative estimate of drug-likeness (QED) is 0.659. The molecule has 3 nitrogen and oxygen atoms in total. The first-order chi connectivity index (χ1) is 6.22. The van der Waals surface area contributed by atoms with Gasteiger partial charge in [0.2, 0.25) is 0 Å². The minimum absolute atomic E-state index is 0.155. The van der Waals surface area contributed by atoms with Crippen molar-refractivity contribution in [2.75, 3.05) is 0 Å². The standard InChI is InChI=1S/C10H8N2O/c1-7-4-9-8(5-11)2-3-10(13)12(9)6-7/h2-4,6,13H,1H3. The van der Waals surface area contributed by atoms with E-state index in [2.05, 4.69) is 6.07 Å². The van der Waals surface area contributed by atoms with Gasteiger partial charge in [0, 0.05) is 6.20 Å². The molecule has 0 unspecified atom stereocenters. The number of aromatic nitrogens is 1. The average molecular weight is 172 g/mol. The molecule has 64 valence electrons. The maximum Gasteiger partial charge on any atom is 0.195 e. The summed E-state index contributed by atoms with van der Waals surface area (Å²) >= 11 is 0. The average Bonchev–Trinajstić information content (AvgIpc) is 2.48. The molecule has 0 fully saturated rings. The molecule has 0 aliphatic rings. The molecule has 2 aromatic heterocycles. The lowest BCUT2D eigenvalue weighted by molar-refractivity contribution is 0.446. The van der Waals surface area contributed by atoms with Crippen LogP contribution >= 0.6 is 0 Å². The Labute approximate surface area is 75.5 Å². The Balaban J connectivity index is 2.94. The first-order valence-corrected chi connectivity index (χ1v) is 3.93. The van der Waals surface area contributed by atoms with Gasteiger partial charge >= 0.3 is 0 Å². The topological polar surface area (TPSA) is 48.4 Å². The zero-order valence-electron chi connectivity index (χ0n) is 7.15. The highest BCUT2D eigenvalue weighted by Crippen LogP contribution is 2.20. The zero-order valence-corrected chi connectivity index (χ0v) is 7.15. The predicted octanol–water partition coefficient (Wildman–Crippen LogP) is 1.82. The lowest BCUT2D eigenvalue weighted by atomic mass is 10.2. The third-order valence-corrected chi connectivity index (χ3v) is 2.00. The van der Waals surface area contributed by atoms with Crippen LogP contribution in [0.5, 0.6) is 5.88 Å². The normalized spacial score (nSPS) is 10.2. The number of hydrogen-bond acceptors (Lipinski definition) is 2. The van der Waals surface area contributed by atoms with E-state index in [0.717, 1.165) is 11.1 Å². The lowest BCUT2D eigenvalue weighted by Gasteiger charge is -1.99. The second-order valence-corrected chi connectivity index (χ2v) is 2.99. The Morgan fingerprint density at radius 2 is 2.23 bits per heavy atom. The van der Waals surface area contributed by atoms with Crippen LogP contribution in [-0.4, -0.2) is 9.51 Å². The summed E-state index contributed by atoms with van der Waals surface area (Å²) < 4.78 is 1.61. The van der Waals surface area contributed by atoms with Crippen LogP contribution in [0.4, 0.5) is 0 Å². The number of nitriles is 1. The van der Waals surface area contributed by atoms with Crippen LogP contribution in [0.25, 0.3) is 5.52 Å². The Bertz CT molecular complexity index is 505. The number of nitrogens with zero attached hydrogens (tertiary/aromatic N) is 2. The van der Waals surface area contributed by atoms with Crippen molar-refractivity contribution in [3.8, 4) is 11.9 Å². The zero-order chi connectivity index (χ0) is 9.42. The summed E-state index contributed by atoms with van der Waals surface area (Å²) in [4.78, 5) is 0. The van der Waals surface area contributed by atoms with Crippen molar-refractivity contribution in [3.05, 3.63) is 35.5 Å². The van der Waals surface area contributed by atoms with Gasteiger partial charge in [0.05, 0.1) is 11.1 Å². The molecule has 0 aromatic carbocycles. The molecule has 0 aliphatic carbocycles. The highest BCUT2D eigenvalue weighted by molar-refractivity contribution is 5.64. The van der Waals surface area contributed by atoms with Crippen molar-refractivity contribution < 1.29 is 5.11 Å². The van der Waals surface area contributed by atoms with Crippen LogP contribution in [0.15, 0.2) is 24.4 Å². The molecule has 0 saturated carbocycles. The molecule has 2 rings (SSSR count). The summed E-state index contributed by atoms with van der Waals surface area (Å²) in [5.74, 6) is 0.155. The van der Waals surface area contributed by atoms with E-state index in [4.69, 9.17) is 5.26 Å². The van der Waals surface area contributed by atoms with Crippen LogP contribution in [-0.2, 0) is 0 Å². The molecule has 0 bridgehead atoms. The van der Waals surface area contributed by atoms with E-state index in [1.807, 2.05) is 13.0 Å². The third kappa shape index (κ3) is 1.04. The van der Waals surface area contributed by atoms with Gasteiger partial charge in [-0.15, -0.1) is 0 Å². The monoisotopic (exact) mass is 172 g/mol. The van der Waals surface area contributed by atoms with Gasteiger partial charge in [0.25, 0.3) is 0 Å². The van der Waals surface area contributed by atoms with Crippen molar-refractivity contribution in [2.24, 2.45) is 0 Å². The van der Waals surface area contributed by atoms with Gasteiger partial charge in [0.1, 0.15) is 6.07 Å². The van der Waals surface area contributed by atoms with Gasteiger partial charge in [-0.1, -0.05) is 0 Å². The Hall–Kier alpha value is -1.95. The number of fused-ring (bicyclic) bond motifs is 1. The van der Waals surface area contributed by atoms with E-state index < -0.39 is 0 Å². The van der Waals surface area contributed by atoms with Crippen LogP contribution in [0, 0.1) is 18.3 Å². The van der Waals surface area contributed by atoms with E-state index >= 15 is 0 Å². The van der Waals surface area contributed by atoms with Crippen LogP contribution < -0.4 is 0 Å². The van der Waals surface area contributed by atoms with Gasteiger partial charge in [-0.3, -0.25) is 4.40 Å². The number of aryl methyl sites for hydroxylation is 1. The highest BCUT2D eigenvalue weighted by atomic mass is 16.3. The minimum Gasteiger partial charge on any atom is -0.494 e. The summed E-state index contributed by atoms with van der Waals surface area (Å²) in [6.45, 7) is 1.92. The maximum atomic E-state index is 9.46. The van der Waals surface area contributed by atoms with Gasteiger partial charge in [-0.2, -0.15) is 5.26 Å². The maximum absolute atomic E-state index is 9.46. The van der Waals surface area contributed by atoms with Crippen molar-refractivity contribution in [2.45, 2.75) is 6.92 Å². The molecule has 3 heteroatoms. The molecule has 0 amide bonds. The van der Waals surface area contributed by atoms with Gasteiger partial charge in [-0.05, 0) is 30.7 Å². The summed E-state index contributed by atoms with van der Waals surface area (Å²) in [7, 11) is 0. The Morgan fingerprint density at radius 1 is 1.46 bits per heavy atom. The summed E-state index contributed by atoms with van der Waals surface area (Å²) in [5, 5.41) is 18.2. The van der Waals surface area contributed by atoms with Gasteiger partial charge in [-0.25, -0.2) is 0 Å². The number of hydrogen-bond donors (Lipinski definition) is 1. The molecule has 1 N–H and O–H groups in total. The fourth-order valence-electron chi connectivity index (χ4n) is 1.41. The minimum atomic E-state index is 0.155. The molecular weight excluding hydrogens is 164 g/mol. The van der Waals surface area contributed by atoms with Crippen molar-refractivity contribution in [3.63, 3.8) is 0 Å². The summed E-state index contributed by atoms with van der Waals surface area (Å²) in [6, 6.07) is 7.09. The first kappa shape index (κ1) is 7.69. The Morgan fingerprint density at radius 3 is 2.92 bits per heavy atom. The fraction of sp³-hybridized carbons (Fsp3) is 0.100. The van der Waals surface area contributed by atoms with Crippen molar-refractivity contribution in [1.29, 1.82) is 5.26 Å². The second-order valence-electron chi connectivity index (χ2n) is 2.99. The smallest absolute Gasteiger partial charge is 0.195 e. The Kier molecular flexibility index (Phi) is 1.49. The van der Waals surface area contributed by atoms with Crippen LogP contribution in [0.3, 0.4) is 0 Å². The van der Waals surface area contributed by atoms with E-state index in [1.165, 1.54) is 6.07 Å². The molecule has 13 heavy (non-hydrogen) atoms. The molecule has 2 aromatic rings. The largest absolute Gasteiger partial charge is 0.494 e.